The zero-order valence-corrected chi connectivity index (χ0v) is 20.4. The maximum Gasteiger partial charge on any atom is 0.266 e. The van der Waals surface area contributed by atoms with Crippen LogP contribution in [0, 0.1) is 0 Å². The van der Waals surface area contributed by atoms with Crippen molar-refractivity contribution in [1.82, 2.24) is 4.98 Å². The van der Waals surface area contributed by atoms with Crippen molar-refractivity contribution in [2.24, 2.45) is 0 Å². The number of anilines is 2. The highest BCUT2D eigenvalue weighted by Gasteiger charge is 2.36. The lowest BCUT2D eigenvalue weighted by atomic mass is 10.1. The second-order valence-corrected chi connectivity index (χ2v) is 9.19. The molecule has 0 spiro atoms. The van der Waals surface area contributed by atoms with Crippen molar-refractivity contribution in [3.63, 3.8) is 0 Å². The largest absolute Gasteiger partial charge is 0.435 e. The van der Waals surface area contributed by atoms with Gasteiger partial charge in [-0.3, -0.25) is 14.4 Å². The van der Waals surface area contributed by atoms with Gasteiger partial charge in [-0.1, -0.05) is 54.6 Å². The van der Waals surface area contributed by atoms with Gasteiger partial charge in [0.2, 0.25) is 5.89 Å². The fraction of sp³-hybridized carbons (Fsp3) is 0. The highest BCUT2D eigenvalue weighted by molar-refractivity contribution is 6.34. The lowest BCUT2D eigenvalue weighted by Crippen LogP contribution is -2.29. The van der Waals surface area contributed by atoms with Crippen molar-refractivity contribution in [2.75, 3.05) is 10.2 Å². The van der Waals surface area contributed by atoms with E-state index in [9.17, 15) is 14.4 Å². The Bertz CT molecular complexity index is 1920. The monoisotopic (exact) mass is 509 g/mol. The molecular formula is C32H19N3O4. The molecule has 0 saturated carbocycles. The van der Waals surface area contributed by atoms with Crippen LogP contribution >= 0.6 is 0 Å². The minimum atomic E-state index is -0.382. The number of fused-ring (bicyclic) bond motifs is 4. The number of amides is 3. The Hall–Kier alpha value is -5.56. The number of oxazole rings is 1. The number of hydrogen-bond acceptors (Lipinski definition) is 5. The Kier molecular flexibility index (Phi) is 5.09. The van der Waals surface area contributed by atoms with E-state index in [0.717, 1.165) is 21.2 Å². The molecule has 0 radical (unpaired) electrons. The van der Waals surface area contributed by atoms with Gasteiger partial charge < -0.3 is 9.73 Å². The van der Waals surface area contributed by atoms with Crippen molar-refractivity contribution in [2.45, 2.75) is 0 Å². The summed E-state index contributed by atoms with van der Waals surface area (Å²) < 4.78 is 6.18. The SMILES string of the molecule is O=C(Nc1ccccc1-c1nc2ccc3ccccc3c2o1)c1ccc(N2C(=O)c3ccccc3C2=O)cc1. The molecule has 1 aromatic heterocycles. The lowest BCUT2D eigenvalue weighted by molar-refractivity contribution is 0.0925. The van der Waals surface area contributed by atoms with Crippen molar-refractivity contribution < 1.29 is 18.8 Å². The number of para-hydroxylation sites is 1. The second-order valence-electron chi connectivity index (χ2n) is 9.19. The highest BCUT2D eigenvalue weighted by atomic mass is 16.3. The summed E-state index contributed by atoms with van der Waals surface area (Å²) >= 11 is 0. The number of carbonyl (C=O) groups excluding carboxylic acids is 3. The van der Waals surface area contributed by atoms with Gasteiger partial charge in [0.1, 0.15) is 5.52 Å². The Labute approximate surface area is 222 Å². The number of carbonyl (C=O) groups is 3. The summed E-state index contributed by atoms with van der Waals surface area (Å²) in [5.41, 5.74) is 4.12. The summed E-state index contributed by atoms with van der Waals surface area (Å²) in [6, 6.07) is 32.2. The van der Waals surface area contributed by atoms with Crippen molar-refractivity contribution in [3.05, 3.63) is 126 Å². The van der Waals surface area contributed by atoms with Gasteiger partial charge in [0, 0.05) is 10.9 Å². The summed E-state index contributed by atoms with van der Waals surface area (Å²) in [5.74, 6) is -0.711. The van der Waals surface area contributed by atoms with E-state index in [-0.39, 0.29) is 17.7 Å². The van der Waals surface area contributed by atoms with Gasteiger partial charge >= 0.3 is 0 Å². The van der Waals surface area contributed by atoms with E-state index >= 15 is 0 Å². The highest BCUT2D eigenvalue weighted by Crippen LogP contribution is 2.34. The van der Waals surface area contributed by atoms with Crippen LogP contribution in [0.5, 0.6) is 0 Å². The van der Waals surface area contributed by atoms with Crippen LogP contribution in [-0.2, 0) is 0 Å². The molecule has 0 aliphatic carbocycles. The second kappa shape index (κ2) is 8.78. The van der Waals surface area contributed by atoms with Crippen LogP contribution in [0.4, 0.5) is 11.4 Å². The fourth-order valence-electron chi connectivity index (χ4n) is 4.93. The molecule has 3 amide bonds. The number of nitrogens with one attached hydrogen (secondary N) is 1. The van der Waals surface area contributed by atoms with E-state index in [1.165, 1.54) is 0 Å². The molecule has 1 aliphatic heterocycles. The lowest BCUT2D eigenvalue weighted by Gasteiger charge is -2.14. The molecule has 39 heavy (non-hydrogen) atoms. The van der Waals surface area contributed by atoms with E-state index in [1.807, 2.05) is 54.6 Å². The Morgan fingerprint density at radius 3 is 2.08 bits per heavy atom. The van der Waals surface area contributed by atoms with Gasteiger partial charge in [0.25, 0.3) is 17.7 Å². The van der Waals surface area contributed by atoms with E-state index in [2.05, 4.69) is 10.3 Å². The minimum absolute atomic E-state index is 0.349. The van der Waals surface area contributed by atoms with Gasteiger partial charge in [-0.15, -0.1) is 0 Å². The molecule has 1 N–H and O–H groups in total. The van der Waals surface area contributed by atoms with Crippen LogP contribution < -0.4 is 10.2 Å². The smallest absolute Gasteiger partial charge is 0.266 e. The molecule has 7 nitrogen and oxygen atoms in total. The van der Waals surface area contributed by atoms with Crippen LogP contribution in [0.1, 0.15) is 31.1 Å². The van der Waals surface area contributed by atoms with E-state index in [4.69, 9.17) is 4.42 Å². The first-order valence-corrected chi connectivity index (χ1v) is 12.4. The fourth-order valence-corrected chi connectivity index (χ4v) is 4.93. The number of imide groups is 1. The van der Waals surface area contributed by atoms with Crippen LogP contribution in [-0.4, -0.2) is 22.7 Å². The Balaban J connectivity index is 1.16. The first kappa shape index (κ1) is 22.6. The maximum absolute atomic E-state index is 13.2. The molecular weight excluding hydrogens is 490 g/mol. The average molecular weight is 510 g/mol. The summed E-state index contributed by atoms with van der Waals surface area (Å²) in [6.07, 6.45) is 0. The molecule has 7 heteroatoms. The molecule has 0 fully saturated rings. The van der Waals surface area contributed by atoms with Crippen LogP contribution in [0.25, 0.3) is 33.3 Å². The van der Waals surface area contributed by atoms with Gasteiger partial charge in [-0.2, -0.15) is 0 Å². The van der Waals surface area contributed by atoms with Gasteiger partial charge in [0.05, 0.1) is 28.1 Å². The van der Waals surface area contributed by atoms with Crippen molar-refractivity contribution >= 4 is 51.0 Å². The molecule has 0 bridgehead atoms. The zero-order valence-electron chi connectivity index (χ0n) is 20.4. The van der Waals surface area contributed by atoms with E-state index < -0.39 is 0 Å². The molecule has 5 aromatic carbocycles. The number of nitrogens with zero attached hydrogens (tertiary/aromatic N) is 2. The van der Waals surface area contributed by atoms with Crippen molar-refractivity contribution in [1.29, 1.82) is 0 Å². The van der Waals surface area contributed by atoms with Crippen LogP contribution in [0.15, 0.2) is 114 Å². The number of benzene rings is 5. The summed E-state index contributed by atoms with van der Waals surface area (Å²) in [7, 11) is 0. The quantitative estimate of drug-likeness (QED) is 0.267. The van der Waals surface area contributed by atoms with Gasteiger partial charge in [0.15, 0.2) is 5.58 Å². The third-order valence-corrected chi connectivity index (χ3v) is 6.87. The molecule has 0 atom stereocenters. The number of hydrogen-bond donors (Lipinski definition) is 1. The van der Waals surface area contributed by atoms with Crippen molar-refractivity contribution in [3.8, 4) is 11.5 Å². The molecule has 7 rings (SSSR count). The number of rotatable bonds is 4. The molecule has 0 unspecified atom stereocenters. The van der Waals surface area contributed by atoms with E-state index in [1.54, 1.807) is 54.6 Å². The van der Waals surface area contributed by atoms with Gasteiger partial charge in [-0.05, 0) is 60.0 Å². The molecule has 2 heterocycles. The Morgan fingerprint density at radius 2 is 1.33 bits per heavy atom. The normalized spacial score (nSPS) is 12.8. The van der Waals surface area contributed by atoms with Crippen LogP contribution in [0.2, 0.25) is 0 Å². The molecule has 0 saturated heterocycles. The number of aromatic nitrogens is 1. The summed E-state index contributed by atoms with van der Waals surface area (Å²) in [4.78, 5) is 44.5. The predicted octanol–water partition coefficient (Wildman–Crippen LogP) is 6.70. The first-order valence-electron chi connectivity index (χ1n) is 12.4. The standard InChI is InChI=1S/C32H19N3O4/c36-29(20-13-16-21(17-14-20)35-31(37)23-9-3-4-10-24(23)32(35)38)33-26-12-6-5-11-25(26)30-34-27-18-15-19-7-1-2-8-22(19)28(27)39-30/h1-18H,(H,33,36). The zero-order chi connectivity index (χ0) is 26.5. The Morgan fingerprint density at radius 1 is 0.692 bits per heavy atom. The summed E-state index contributed by atoms with van der Waals surface area (Å²) in [5, 5.41) is 4.96. The first-order chi connectivity index (χ1) is 19.1. The average Bonchev–Trinajstić information content (AvgIpc) is 3.52. The van der Waals surface area contributed by atoms with Crippen LogP contribution in [0.3, 0.4) is 0 Å². The third kappa shape index (κ3) is 3.67. The third-order valence-electron chi connectivity index (χ3n) is 6.87. The predicted molar refractivity (Wildman–Crippen MR) is 149 cm³/mol. The molecule has 6 aromatic rings. The molecule has 186 valence electrons. The molecule has 1 aliphatic rings. The maximum atomic E-state index is 13.2. The minimum Gasteiger partial charge on any atom is -0.435 e. The van der Waals surface area contributed by atoms with Gasteiger partial charge in [-0.25, -0.2) is 9.88 Å². The topological polar surface area (TPSA) is 92.5 Å². The van der Waals surface area contributed by atoms with E-state index in [0.29, 0.717) is 45.1 Å². The summed E-state index contributed by atoms with van der Waals surface area (Å²) in [6.45, 7) is 0.